The van der Waals surface area contributed by atoms with Crippen LogP contribution in [0.25, 0.3) is 0 Å². The molecule has 1 saturated carbocycles. The zero-order chi connectivity index (χ0) is 22.8. The third-order valence-electron chi connectivity index (χ3n) is 7.36. The van der Waals surface area contributed by atoms with Crippen molar-refractivity contribution in [2.24, 2.45) is 17.8 Å². The highest BCUT2D eigenvalue weighted by Gasteiger charge is 2.43. The van der Waals surface area contributed by atoms with Crippen molar-refractivity contribution in [1.82, 2.24) is 10.3 Å². The molecule has 2 aliphatic rings. The second-order valence-corrected chi connectivity index (χ2v) is 10.3. The van der Waals surface area contributed by atoms with Gasteiger partial charge in [0.25, 0.3) is 0 Å². The highest BCUT2D eigenvalue weighted by Crippen LogP contribution is 2.48. The smallest absolute Gasteiger partial charge is 0.0654 e. The predicted octanol–water partition coefficient (Wildman–Crippen LogP) is 5.56. The van der Waals surface area contributed by atoms with Crippen LogP contribution < -0.4 is 5.32 Å². The van der Waals surface area contributed by atoms with E-state index >= 15 is 0 Å². The minimum Gasteiger partial charge on any atom is -0.392 e. The Morgan fingerprint density at radius 3 is 2.78 bits per heavy atom. The van der Waals surface area contributed by atoms with Gasteiger partial charge < -0.3 is 15.5 Å². The number of hydrogen-bond donors (Lipinski definition) is 3. The predicted molar refractivity (Wildman–Crippen MR) is 132 cm³/mol. The molecule has 4 heteroatoms. The molecule has 2 aliphatic carbocycles. The monoisotopic (exact) mass is 440 g/mol. The Morgan fingerprint density at radius 2 is 2.00 bits per heavy atom. The van der Waals surface area contributed by atoms with Gasteiger partial charge in [-0.05, 0) is 87.9 Å². The summed E-state index contributed by atoms with van der Waals surface area (Å²) < 4.78 is 0. The lowest BCUT2D eigenvalue weighted by Gasteiger charge is -2.22. The van der Waals surface area contributed by atoms with E-state index in [1.54, 1.807) is 5.57 Å². The van der Waals surface area contributed by atoms with E-state index in [1.807, 2.05) is 19.3 Å². The van der Waals surface area contributed by atoms with Crippen LogP contribution in [0.1, 0.15) is 83.6 Å². The van der Waals surface area contributed by atoms with Crippen LogP contribution in [-0.2, 0) is 6.54 Å². The van der Waals surface area contributed by atoms with E-state index in [0.29, 0.717) is 18.3 Å². The molecule has 0 saturated heterocycles. The normalized spacial score (nSPS) is 26.9. The molecule has 0 bridgehead atoms. The van der Waals surface area contributed by atoms with Gasteiger partial charge in [0.05, 0.1) is 11.7 Å². The van der Waals surface area contributed by atoms with Gasteiger partial charge in [0, 0.05) is 24.9 Å². The summed E-state index contributed by atoms with van der Waals surface area (Å²) in [6.07, 6.45) is 20.9. The number of rotatable bonds is 14. The van der Waals surface area contributed by atoms with Crippen LogP contribution in [0.15, 0.2) is 48.3 Å². The molecule has 0 spiro atoms. The van der Waals surface area contributed by atoms with Gasteiger partial charge in [-0.25, -0.2) is 0 Å². The summed E-state index contributed by atoms with van der Waals surface area (Å²) in [5.74, 6) is 1.34. The van der Waals surface area contributed by atoms with Gasteiger partial charge in [-0.1, -0.05) is 50.0 Å². The summed E-state index contributed by atoms with van der Waals surface area (Å²) in [7, 11) is 0. The summed E-state index contributed by atoms with van der Waals surface area (Å²) in [6, 6.07) is 4.12. The lowest BCUT2D eigenvalue weighted by molar-refractivity contribution is 0.0513. The maximum atomic E-state index is 10.6. The summed E-state index contributed by atoms with van der Waals surface area (Å²) in [5, 5.41) is 24.6. The van der Waals surface area contributed by atoms with E-state index in [0.717, 1.165) is 45.2 Å². The highest BCUT2D eigenvalue weighted by molar-refractivity contribution is 5.20. The van der Waals surface area contributed by atoms with Crippen LogP contribution in [0.4, 0.5) is 0 Å². The quantitative estimate of drug-likeness (QED) is 0.262. The van der Waals surface area contributed by atoms with Gasteiger partial charge in [0.2, 0.25) is 0 Å². The Labute approximate surface area is 195 Å². The minimum absolute atomic E-state index is 0.230. The number of allylic oxidation sites excluding steroid dienone is 2. The Bertz CT molecular complexity index is 728. The summed E-state index contributed by atoms with van der Waals surface area (Å²) in [4.78, 5) is 4.05. The fourth-order valence-electron chi connectivity index (χ4n) is 5.44. The third-order valence-corrected chi connectivity index (χ3v) is 7.36. The molecule has 1 heterocycles. The first-order valence-electron chi connectivity index (χ1n) is 12.8. The fourth-order valence-corrected chi connectivity index (χ4v) is 5.44. The van der Waals surface area contributed by atoms with Crippen molar-refractivity contribution >= 4 is 0 Å². The van der Waals surface area contributed by atoms with Crippen LogP contribution >= 0.6 is 0 Å². The van der Waals surface area contributed by atoms with E-state index in [4.69, 9.17) is 0 Å². The number of fused-ring (bicyclic) bond motifs is 1. The zero-order valence-electron chi connectivity index (χ0n) is 20.2. The van der Waals surface area contributed by atoms with Crippen LogP contribution in [-0.4, -0.2) is 33.4 Å². The van der Waals surface area contributed by atoms with Crippen molar-refractivity contribution in [3.8, 4) is 0 Å². The Hall–Kier alpha value is -1.49. The molecule has 3 rings (SSSR count). The van der Waals surface area contributed by atoms with Crippen LogP contribution in [0.2, 0.25) is 0 Å². The average Bonchev–Trinajstić information content (AvgIpc) is 3.29. The van der Waals surface area contributed by atoms with Crippen LogP contribution in [0.5, 0.6) is 0 Å². The van der Waals surface area contributed by atoms with Gasteiger partial charge in [0.1, 0.15) is 0 Å². The van der Waals surface area contributed by atoms with E-state index in [9.17, 15) is 10.2 Å². The van der Waals surface area contributed by atoms with Crippen molar-refractivity contribution in [2.45, 2.75) is 96.3 Å². The molecule has 4 nitrogen and oxygen atoms in total. The van der Waals surface area contributed by atoms with Crippen molar-refractivity contribution < 1.29 is 10.2 Å². The second kappa shape index (κ2) is 12.7. The molecule has 5 atom stereocenters. The maximum absolute atomic E-state index is 10.6. The van der Waals surface area contributed by atoms with Gasteiger partial charge >= 0.3 is 0 Å². The van der Waals surface area contributed by atoms with Gasteiger partial charge in [0.15, 0.2) is 0 Å². The molecule has 1 aromatic heterocycles. The summed E-state index contributed by atoms with van der Waals surface area (Å²) in [5.41, 5.74) is 2.27. The molecule has 3 N–H and O–H groups in total. The van der Waals surface area contributed by atoms with Crippen molar-refractivity contribution in [2.75, 3.05) is 6.54 Å². The topological polar surface area (TPSA) is 65.4 Å². The van der Waals surface area contributed by atoms with Crippen LogP contribution in [0, 0.1) is 17.8 Å². The van der Waals surface area contributed by atoms with Gasteiger partial charge in [-0.15, -0.1) is 0 Å². The van der Waals surface area contributed by atoms with E-state index < -0.39 is 5.60 Å². The van der Waals surface area contributed by atoms with E-state index in [2.05, 4.69) is 47.6 Å². The number of pyridine rings is 1. The highest BCUT2D eigenvalue weighted by atomic mass is 16.3. The number of hydrogen-bond acceptors (Lipinski definition) is 4. The molecule has 0 unspecified atom stereocenters. The first-order valence-corrected chi connectivity index (χ1v) is 12.8. The Morgan fingerprint density at radius 1 is 1.19 bits per heavy atom. The lowest BCUT2D eigenvalue weighted by atomic mass is 9.87. The molecule has 0 amide bonds. The maximum Gasteiger partial charge on any atom is 0.0654 e. The molecule has 0 radical (unpaired) electrons. The summed E-state index contributed by atoms with van der Waals surface area (Å²) >= 11 is 0. The van der Waals surface area contributed by atoms with Crippen molar-refractivity contribution in [3.05, 3.63) is 53.9 Å². The Kier molecular flexibility index (Phi) is 9.95. The number of aliphatic hydroxyl groups excluding tert-OH is 1. The molecule has 1 fully saturated rings. The standard InChI is InChI=1S/C28H44N2O2/c1-3-4-13-28(2,32)14-8-10-25-26-19-23(18-24(26)20-27(25)31)9-6-5-7-15-30-21-22-11-16-29-17-12-22/h8,10-12,16-18,24-27,30-32H,3-7,9,13-15,19-21H2,1-2H3/b10-8+/t24-,25+,26-,27+,28+/m0/s1. The van der Waals surface area contributed by atoms with Crippen LogP contribution in [0.3, 0.4) is 0 Å². The first-order chi connectivity index (χ1) is 15.5. The number of unbranched alkanes of at least 4 members (excludes halogenated alkanes) is 3. The zero-order valence-corrected chi connectivity index (χ0v) is 20.2. The third kappa shape index (κ3) is 7.83. The molecule has 0 aliphatic heterocycles. The molecule has 178 valence electrons. The van der Waals surface area contributed by atoms with Crippen molar-refractivity contribution in [1.29, 1.82) is 0 Å². The Balaban J connectivity index is 1.32. The fraction of sp³-hybridized carbons (Fsp3) is 0.679. The minimum atomic E-state index is -0.623. The number of aliphatic hydroxyl groups is 2. The molecular formula is C28H44N2O2. The van der Waals surface area contributed by atoms with E-state index in [1.165, 1.54) is 31.2 Å². The SMILES string of the molecule is CCCC[C@@](C)(O)C/C=C/[C@@H]1[C@H]2CC(CCCCCNCc3ccncc3)=C[C@H]2C[C@H]1O. The second-order valence-electron chi connectivity index (χ2n) is 10.3. The number of aromatic nitrogens is 1. The molecule has 32 heavy (non-hydrogen) atoms. The van der Waals surface area contributed by atoms with Crippen molar-refractivity contribution in [3.63, 3.8) is 0 Å². The lowest BCUT2D eigenvalue weighted by Crippen LogP contribution is -2.23. The molecule has 1 aromatic rings. The first kappa shape index (κ1) is 25.1. The largest absolute Gasteiger partial charge is 0.392 e. The molecule has 0 aromatic carbocycles. The average molecular weight is 441 g/mol. The molecular weight excluding hydrogens is 396 g/mol. The summed E-state index contributed by atoms with van der Waals surface area (Å²) in [6.45, 7) is 6.08. The van der Waals surface area contributed by atoms with E-state index in [-0.39, 0.29) is 12.0 Å². The number of nitrogens with one attached hydrogen (secondary N) is 1. The van der Waals surface area contributed by atoms with Gasteiger partial charge in [-0.2, -0.15) is 0 Å². The number of nitrogens with zero attached hydrogens (tertiary/aromatic N) is 1. The van der Waals surface area contributed by atoms with Gasteiger partial charge in [-0.3, -0.25) is 4.98 Å².